The quantitative estimate of drug-likeness (QED) is 0.718. The molecule has 2 nitrogen and oxygen atoms in total. The first-order chi connectivity index (χ1) is 7.81. The number of nitrogens with one attached hydrogen (secondary N) is 1. The molecule has 2 unspecified atom stereocenters. The molecular weight excluding hydrogens is 198 g/mol. The van der Waals surface area contributed by atoms with Crippen molar-refractivity contribution in [3.05, 3.63) is 0 Å². The second-order valence-corrected chi connectivity index (χ2v) is 5.11. The SMILES string of the molecule is CCCC(CCC)NC1CCCCC1OC. The Hall–Kier alpha value is -0.0800. The van der Waals surface area contributed by atoms with Gasteiger partial charge < -0.3 is 10.1 Å². The van der Waals surface area contributed by atoms with Gasteiger partial charge in [-0.1, -0.05) is 39.5 Å². The van der Waals surface area contributed by atoms with Crippen molar-refractivity contribution in [1.82, 2.24) is 5.32 Å². The molecule has 1 aliphatic carbocycles. The van der Waals surface area contributed by atoms with Crippen molar-refractivity contribution in [3.8, 4) is 0 Å². The van der Waals surface area contributed by atoms with Crippen molar-refractivity contribution >= 4 is 0 Å². The molecule has 0 saturated heterocycles. The van der Waals surface area contributed by atoms with E-state index in [9.17, 15) is 0 Å². The van der Waals surface area contributed by atoms with E-state index in [0.717, 1.165) is 0 Å². The maximum absolute atomic E-state index is 5.60. The molecule has 1 N–H and O–H groups in total. The van der Waals surface area contributed by atoms with E-state index in [4.69, 9.17) is 4.74 Å². The third kappa shape index (κ3) is 4.42. The smallest absolute Gasteiger partial charge is 0.0724 e. The fraction of sp³-hybridized carbons (Fsp3) is 1.00. The lowest BCUT2D eigenvalue weighted by Gasteiger charge is -2.34. The Morgan fingerprint density at radius 3 is 2.31 bits per heavy atom. The minimum absolute atomic E-state index is 0.449. The van der Waals surface area contributed by atoms with E-state index in [1.165, 1.54) is 51.4 Å². The van der Waals surface area contributed by atoms with Crippen LogP contribution in [0.3, 0.4) is 0 Å². The molecule has 1 aliphatic rings. The van der Waals surface area contributed by atoms with E-state index in [1.807, 2.05) is 7.11 Å². The summed E-state index contributed by atoms with van der Waals surface area (Å²) in [4.78, 5) is 0. The van der Waals surface area contributed by atoms with E-state index in [1.54, 1.807) is 0 Å². The van der Waals surface area contributed by atoms with Gasteiger partial charge in [0.2, 0.25) is 0 Å². The summed E-state index contributed by atoms with van der Waals surface area (Å²) in [5, 5.41) is 3.83. The first kappa shape index (κ1) is 14.0. The molecule has 0 radical (unpaired) electrons. The van der Waals surface area contributed by atoms with Gasteiger partial charge in [0.25, 0.3) is 0 Å². The van der Waals surface area contributed by atoms with Gasteiger partial charge in [-0.05, 0) is 25.7 Å². The average Bonchev–Trinajstić information content (AvgIpc) is 2.30. The van der Waals surface area contributed by atoms with Crippen LogP contribution in [0.2, 0.25) is 0 Å². The van der Waals surface area contributed by atoms with E-state index < -0.39 is 0 Å². The topological polar surface area (TPSA) is 21.3 Å². The lowest BCUT2D eigenvalue weighted by molar-refractivity contribution is 0.0368. The van der Waals surface area contributed by atoms with E-state index in [2.05, 4.69) is 19.2 Å². The minimum Gasteiger partial charge on any atom is -0.380 e. The Labute approximate surface area is 101 Å². The molecule has 1 fully saturated rings. The third-order valence-electron chi connectivity index (χ3n) is 3.73. The molecule has 0 aromatic rings. The molecule has 0 aromatic heterocycles. The predicted octanol–water partition coefficient (Wildman–Crippen LogP) is 3.50. The second-order valence-electron chi connectivity index (χ2n) is 5.11. The highest BCUT2D eigenvalue weighted by molar-refractivity contribution is 4.84. The van der Waals surface area contributed by atoms with Crippen molar-refractivity contribution < 1.29 is 4.74 Å². The fourth-order valence-electron chi connectivity index (χ4n) is 2.88. The fourth-order valence-corrected chi connectivity index (χ4v) is 2.88. The molecule has 0 heterocycles. The van der Waals surface area contributed by atoms with Gasteiger partial charge in [0, 0.05) is 19.2 Å². The maximum Gasteiger partial charge on any atom is 0.0724 e. The van der Waals surface area contributed by atoms with Crippen molar-refractivity contribution in [2.45, 2.75) is 83.4 Å². The Bertz CT molecular complexity index is 166. The molecule has 1 rings (SSSR count). The van der Waals surface area contributed by atoms with Gasteiger partial charge in [-0.3, -0.25) is 0 Å². The van der Waals surface area contributed by atoms with Gasteiger partial charge in [0.15, 0.2) is 0 Å². The van der Waals surface area contributed by atoms with Crippen molar-refractivity contribution in [1.29, 1.82) is 0 Å². The highest BCUT2D eigenvalue weighted by atomic mass is 16.5. The summed E-state index contributed by atoms with van der Waals surface area (Å²) in [7, 11) is 1.86. The Morgan fingerprint density at radius 1 is 1.12 bits per heavy atom. The third-order valence-corrected chi connectivity index (χ3v) is 3.73. The summed E-state index contributed by atoms with van der Waals surface area (Å²) < 4.78 is 5.60. The van der Waals surface area contributed by atoms with E-state index in [0.29, 0.717) is 18.2 Å². The van der Waals surface area contributed by atoms with Gasteiger partial charge in [-0.15, -0.1) is 0 Å². The first-order valence-corrected chi connectivity index (χ1v) is 7.10. The summed E-state index contributed by atoms with van der Waals surface area (Å²) in [6.45, 7) is 4.55. The Kier molecular flexibility index (Phi) is 7.06. The monoisotopic (exact) mass is 227 g/mol. The van der Waals surface area contributed by atoms with Crippen LogP contribution < -0.4 is 5.32 Å². The maximum atomic E-state index is 5.60. The first-order valence-electron chi connectivity index (χ1n) is 7.10. The van der Waals surface area contributed by atoms with Crippen LogP contribution in [0.1, 0.15) is 65.2 Å². The molecule has 1 saturated carbocycles. The number of ether oxygens (including phenoxy) is 1. The molecule has 0 amide bonds. The van der Waals surface area contributed by atoms with Crippen LogP contribution in [0.4, 0.5) is 0 Å². The molecule has 96 valence electrons. The molecule has 2 heteroatoms. The second kappa shape index (κ2) is 8.08. The molecule has 0 aliphatic heterocycles. The predicted molar refractivity (Wildman–Crippen MR) is 69.8 cm³/mol. The van der Waals surface area contributed by atoms with Crippen LogP contribution in [0.25, 0.3) is 0 Å². The van der Waals surface area contributed by atoms with Crippen LogP contribution in [-0.4, -0.2) is 25.3 Å². The molecule has 0 aromatic carbocycles. The summed E-state index contributed by atoms with van der Waals surface area (Å²) in [6.07, 6.45) is 10.9. The highest BCUT2D eigenvalue weighted by Crippen LogP contribution is 2.22. The lowest BCUT2D eigenvalue weighted by atomic mass is 9.91. The number of methoxy groups -OCH3 is 1. The van der Waals surface area contributed by atoms with Crippen LogP contribution in [0.15, 0.2) is 0 Å². The zero-order valence-corrected chi connectivity index (χ0v) is 11.3. The molecule has 16 heavy (non-hydrogen) atoms. The molecule has 0 bridgehead atoms. The van der Waals surface area contributed by atoms with Gasteiger partial charge in [-0.25, -0.2) is 0 Å². The molecular formula is C14H29NO. The summed E-state index contributed by atoms with van der Waals surface area (Å²) in [5.74, 6) is 0. The standard InChI is InChI=1S/C14H29NO/c1-4-8-12(9-5-2)15-13-10-6-7-11-14(13)16-3/h12-15H,4-11H2,1-3H3. The van der Waals surface area contributed by atoms with Crippen molar-refractivity contribution in [3.63, 3.8) is 0 Å². The summed E-state index contributed by atoms with van der Waals surface area (Å²) >= 11 is 0. The van der Waals surface area contributed by atoms with Gasteiger partial charge in [0.05, 0.1) is 6.10 Å². The number of hydrogen-bond acceptors (Lipinski definition) is 2. The van der Waals surface area contributed by atoms with Gasteiger partial charge in [0.1, 0.15) is 0 Å². The van der Waals surface area contributed by atoms with Crippen LogP contribution in [0.5, 0.6) is 0 Å². The highest BCUT2D eigenvalue weighted by Gasteiger charge is 2.26. The Morgan fingerprint density at radius 2 is 1.75 bits per heavy atom. The average molecular weight is 227 g/mol. The molecule has 0 spiro atoms. The summed E-state index contributed by atoms with van der Waals surface area (Å²) in [5.41, 5.74) is 0. The lowest BCUT2D eigenvalue weighted by Crippen LogP contribution is -2.47. The van der Waals surface area contributed by atoms with Crippen LogP contribution in [-0.2, 0) is 4.74 Å². The van der Waals surface area contributed by atoms with E-state index >= 15 is 0 Å². The largest absolute Gasteiger partial charge is 0.380 e. The zero-order valence-electron chi connectivity index (χ0n) is 11.3. The van der Waals surface area contributed by atoms with Crippen LogP contribution >= 0.6 is 0 Å². The van der Waals surface area contributed by atoms with Crippen molar-refractivity contribution in [2.75, 3.05) is 7.11 Å². The number of hydrogen-bond donors (Lipinski definition) is 1. The number of rotatable bonds is 7. The molecule has 2 atom stereocenters. The summed E-state index contributed by atoms with van der Waals surface area (Å²) in [6, 6.07) is 1.30. The zero-order chi connectivity index (χ0) is 11.8. The van der Waals surface area contributed by atoms with Gasteiger partial charge >= 0.3 is 0 Å². The minimum atomic E-state index is 0.449. The normalized spacial score (nSPS) is 26.2. The van der Waals surface area contributed by atoms with E-state index in [-0.39, 0.29) is 0 Å². The Balaban J connectivity index is 2.40. The van der Waals surface area contributed by atoms with Crippen molar-refractivity contribution in [2.24, 2.45) is 0 Å². The van der Waals surface area contributed by atoms with Gasteiger partial charge in [-0.2, -0.15) is 0 Å². The van der Waals surface area contributed by atoms with Crippen LogP contribution in [0, 0.1) is 0 Å².